The van der Waals surface area contributed by atoms with Crippen LogP contribution in [0.15, 0.2) is 67.1 Å². The molecule has 4 rings (SSSR count). The van der Waals surface area contributed by atoms with Crippen molar-refractivity contribution in [3.05, 3.63) is 84.2 Å². The third-order valence-electron chi connectivity index (χ3n) is 5.03. The highest BCUT2D eigenvalue weighted by atomic mass is 32.1. The molecular weight excluding hydrogens is 398 g/mol. The molecule has 3 aromatic heterocycles. The summed E-state index contributed by atoms with van der Waals surface area (Å²) in [6.07, 6.45) is 5.57. The van der Waals surface area contributed by atoms with E-state index >= 15 is 0 Å². The zero-order chi connectivity index (χ0) is 20.9. The van der Waals surface area contributed by atoms with Gasteiger partial charge in [0.25, 0.3) is 0 Å². The molecule has 2 unspecified atom stereocenters. The van der Waals surface area contributed by atoms with Crippen LogP contribution in [0.2, 0.25) is 0 Å². The second-order valence-electron chi connectivity index (χ2n) is 6.94. The summed E-state index contributed by atoms with van der Waals surface area (Å²) in [5.74, 6) is -0.309. The Balaban J connectivity index is 1.71. The fraction of sp³-hybridized carbons (Fsp3) is 0.273. The van der Waals surface area contributed by atoms with Gasteiger partial charge in [-0.2, -0.15) is 0 Å². The van der Waals surface area contributed by atoms with Gasteiger partial charge >= 0.3 is 5.97 Å². The summed E-state index contributed by atoms with van der Waals surface area (Å²) in [6, 6.07) is 15.3. The van der Waals surface area contributed by atoms with Crippen LogP contribution in [0.4, 0.5) is 0 Å². The van der Waals surface area contributed by atoms with E-state index in [0.29, 0.717) is 18.3 Å². The van der Waals surface area contributed by atoms with Crippen molar-refractivity contribution in [1.82, 2.24) is 24.8 Å². The predicted octanol–water partition coefficient (Wildman–Crippen LogP) is 2.86. The molecule has 1 N–H and O–H groups in total. The van der Waals surface area contributed by atoms with Crippen molar-refractivity contribution >= 4 is 23.3 Å². The molecule has 0 radical (unpaired) electrons. The Morgan fingerprint density at radius 2 is 1.93 bits per heavy atom. The number of esters is 1. The Bertz CT molecular complexity index is 1010. The smallest absolute Gasteiger partial charge is 0.325 e. The summed E-state index contributed by atoms with van der Waals surface area (Å²) < 4.78 is 7.32. The fourth-order valence-electron chi connectivity index (χ4n) is 3.75. The Labute approximate surface area is 180 Å². The first-order valence-electron chi connectivity index (χ1n) is 9.86. The van der Waals surface area contributed by atoms with E-state index in [9.17, 15) is 4.79 Å². The molecule has 1 fully saturated rings. The second kappa shape index (κ2) is 9.04. The van der Waals surface area contributed by atoms with Crippen molar-refractivity contribution < 1.29 is 9.53 Å². The lowest BCUT2D eigenvalue weighted by Gasteiger charge is -2.28. The molecule has 0 spiro atoms. The Morgan fingerprint density at radius 3 is 2.63 bits per heavy atom. The number of nitrogens with zero attached hydrogens (tertiary/aromatic N) is 4. The SMILES string of the molecule is CCOC(=O)CN1C(=S)NC(c2ccccn2)C1c1cccn1Cc1ccccn1. The van der Waals surface area contributed by atoms with Gasteiger partial charge in [-0.1, -0.05) is 12.1 Å². The molecule has 154 valence electrons. The standard InChI is InChI=1S/C22H23N5O2S/c1-2-29-19(28)15-27-21(20(25-22(27)30)17-9-4-6-12-24-17)18-10-7-13-26(18)14-16-8-3-5-11-23-16/h3-13,20-21H,2,14-15H2,1H3,(H,25,30). The van der Waals surface area contributed by atoms with Gasteiger partial charge in [0.2, 0.25) is 0 Å². The van der Waals surface area contributed by atoms with E-state index in [0.717, 1.165) is 17.1 Å². The molecule has 0 aromatic carbocycles. The highest BCUT2D eigenvalue weighted by Crippen LogP contribution is 2.38. The average Bonchev–Trinajstić information content (AvgIpc) is 3.34. The van der Waals surface area contributed by atoms with Gasteiger partial charge in [-0.3, -0.25) is 14.8 Å². The van der Waals surface area contributed by atoms with Crippen molar-refractivity contribution in [2.45, 2.75) is 25.6 Å². The number of aromatic nitrogens is 3. The van der Waals surface area contributed by atoms with E-state index in [1.165, 1.54) is 0 Å². The second-order valence-corrected chi connectivity index (χ2v) is 7.33. The van der Waals surface area contributed by atoms with Crippen LogP contribution < -0.4 is 5.32 Å². The van der Waals surface area contributed by atoms with Gasteiger partial charge in [0.15, 0.2) is 5.11 Å². The third kappa shape index (κ3) is 4.18. The topological polar surface area (TPSA) is 72.3 Å². The normalized spacial score (nSPS) is 18.3. The minimum Gasteiger partial charge on any atom is -0.465 e. The average molecular weight is 422 g/mol. The van der Waals surface area contributed by atoms with E-state index in [4.69, 9.17) is 17.0 Å². The molecule has 7 nitrogen and oxygen atoms in total. The highest BCUT2D eigenvalue weighted by molar-refractivity contribution is 7.80. The maximum Gasteiger partial charge on any atom is 0.325 e. The lowest BCUT2D eigenvalue weighted by Crippen LogP contribution is -2.36. The molecular formula is C22H23N5O2S. The van der Waals surface area contributed by atoms with E-state index in [-0.39, 0.29) is 24.6 Å². The third-order valence-corrected chi connectivity index (χ3v) is 5.38. The minimum atomic E-state index is -0.309. The van der Waals surface area contributed by atoms with Crippen LogP contribution >= 0.6 is 12.2 Å². The quantitative estimate of drug-likeness (QED) is 0.465. The maximum absolute atomic E-state index is 12.3. The molecule has 0 saturated carbocycles. The van der Waals surface area contributed by atoms with Crippen LogP contribution in [-0.4, -0.2) is 43.7 Å². The number of hydrogen-bond acceptors (Lipinski definition) is 5. The van der Waals surface area contributed by atoms with E-state index in [2.05, 4.69) is 25.9 Å². The lowest BCUT2D eigenvalue weighted by molar-refractivity contribution is -0.143. The number of pyridine rings is 2. The van der Waals surface area contributed by atoms with Crippen molar-refractivity contribution in [2.24, 2.45) is 0 Å². The molecule has 4 heterocycles. The van der Waals surface area contributed by atoms with Gasteiger partial charge in [-0.25, -0.2) is 0 Å². The Hall–Kier alpha value is -3.26. The number of thiocarbonyl (C=S) groups is 1. The molecule has 1 saturated heterocycles. The van der Waals surface area contributed by atoms with Crippen LogP contribution in [-0.2, 0) is 16.1 Å². The molecule has 1 aliphatic rings. The monoisotopic (exact) mass is 421 g/mol. The van der Waals surface area contributed by atoms with Gasteiger partial charge in [0.1, 0.15) is 6.54 Å². The van der Waals surface area contributed by atoms with Gasteiger partial charge in [0.05, 0.1) is 36.6 Å². The van der Waals surface area contributed by atoms with Gasteiger partial charge in [-0.05, 0) is 55.5 Å². The molecule has 0 bridgehead atoms. The van der Waals surface area contributed by atoms with E-state index < -0.39 is 0 Å². The number of hydrogen-bond donors (Lipinski definition) is 1. The van der Waals surface area contributed by atoms with Gasteiger partial charge < -0.3 is 19.5 Å². The van der Waals surface area contributed by atoms with Crippen LogP contribution in [0, 0.1) is 0 Å². The summed E-state index contributed by atoms with van der Waals surface area (Å²) in [4.78, 5) is 23.2. The first kappa shape index (κ1) is 20.0. The fourth-order valence-corrected chi connectivity index (χ4v) is 4.05. The Kier molecular flexibility index (Phi) is 6.04. The molecule has 0 aliphatic carbocycles. The summed E-state index contributed by atoms with van der Waals surface area (Å²) in [7, 11) is 0. The number of ether oxygens (including phenoxy) is 1. The summed E-state index contributed by atoms with van der Waals surface area (Å²) in [5.41, 5.74) is 2.84. The number of carbonyl (C=O) groups is 1. The van der Waals surface area contributed by atoms with Crippen LogP contribution in [0.1, 0.15) is 36.1 Å². The predicted molar refractivity (Wildman–Crippen MR) is 117 cm³/mol. The van der Waals surface area contributed by atoms with Gasteiger partial charge in [0, 0.05) is 24.3 Å². The van der Waals surface area contributed by atoms with Crippen molar-refractivity contribution in [3.63, 3.8) is 0 Å². The molecule has 1 aliphatic heterocycles. The summed E-state index contributed by atoms with van der Waals surface area (Å²) in [5, 5.41) is 3.86. The van der Waals surface area contributed by atoms with E-state index in [1.54, 1.807) is 19.3 Å². The highest BCUT2D eigenvalue weighted by Gasteiger charge is 2.42. The molecule has 30 heavy (non-hydrogen) atoms. The summed E-state index contributed by atoms with van der Waals surface area (Å²) >= 11 is 5.60. The first-order valence-corrected chi connectivity index (χ1v) is 10.3. The zero-order valence-electron chi connectivity index (χ0n) is 16.6. The van der Waals surface area contributed by atoms with E-state index in [1.807, 2.05) is 53.6 Å². The first-order chi connectivity index (χ1) is 14.7. The number of rotatable bonds is 7. The lowest BCUT2D eigenvalue weighted by atomic mass is 10.0. The summed E-state index contributed by atoms with van der Waals surface area (Å²) in [6.45, 7) is 2.82. The van der Waals surface area contributed by atoms with Crippen LogP contribution in [0.25, 0.3) is 0 Å². The van der Waals surface area contributed by atoms with Crippen molar-refractivity contribution in [1.29, 1.82) is 0 Å². The molecule has 8 heteroatoms. The van der Waals surface area contributed by atoms with Crippen molar-refractivity contribution in [2.75, 3.05) is 13.2 Å². The van der Waals surface area contributed by atoms with Crippen LogP contribution in [0.5, 0.6) is 0 Å². The minimum absolute atomic E-state index is 0.0719. The zero-order valence-corrected chi connectivity index (χ0v) is 17.5. The number of carbonyl (C=O) groups excluding carboxylic acids is 1. The number of nitrogens with one attached hydrogen (secondary N) is 1. The van der Waals surface area contributed by atoms with Gasteiger partial charge in [-0.15, -0.1) is 0 Å². The van der Waals surface area contributed by atoms with Crippen LogP contribution in [0.3, 0.4) is 0 Å². The van der Waals surface area contributed by atoms with Crippen molar-refractivity contribution in [3.8, 4) is 0 Å². The molecule has 3 aromatic rings. The molecule has 2 atom stereocenters. The maximum atomic E-state index is 12.3. The Morgan fingerprint density at radius 1 is 1.13 bits per heavy atom. The largest absolute Gasteiger partial charge is 0.465 e. The molecule has 0 amide bonds.